The Morgan fingerprint density at radius 3 is 2.65 bits per heavy atom. The Kier molecular flexibility index (Phi) is 5.06. The molecular weight excluding hydrogens is 248 g/mol. The number of hydrogen-bond acceptors (Lipinski definition) is 3. The highest BCUT2D eigenvalue weighted by atomic mass is 16.5. The van der Waals surface area contributed by atoms with Crippen molar-refractivity contribution in [2.45, 2.75) is 44.7 Å². The summed E-state index contributed by atoms with van der Waals surface area (Å²) in [6.45, 7) is 4.24. The standard InChI is InChI=1S/C17H28N2O/c1-14-5-4-10-17(18,11-14)13-19(2)12-15-6-8-16(20-3)9-7-15/h6-9,14H,4-5,10-13,18H2,1-3H3. The average molecular weight is 276 g/mol. The summed E-state index contributed by atoms with van der Waals surface area (Å²) in [6.07, 6.45) is 4.92. The van der Waals surface area contributed by atoms with Crippen molar-refractivity contribution in [3.05, 3.63) is 29.8 Å². The van der Waals surface area contributed by atoms with E-state index < -0.39 is 0 Å². The van der Waals surface area contributed by atoms with E-state index >= 15 is 0 Å². The van der Waals surface area contributed by atoms with Crippen LogP contribution < -0.4 is 10.5 Å². The predicted molar refractivity (Wildman–Crippen MR) is 83.9 cm³/mol. The molecule has 3 heteroatoms. The molecule has 1 fully saturated rings. The second kappa shape index (κ2) is 6.59. The highest BCUT2D eigenvalue weighted by Crippen LogP contribution is 2.31. The molecule has 0 radical (unpaired) electrons. The molecule has 112 valence electrons. The van der Waals surface area contributed by atoms with Crippen molar-refractivity contribution < 1.29 is 4.74 Å². The van der Waals surface area contributed by atoms with Crippen molar-refractivity contribution in [1.29, 1.82) is 0 Å². The van der Waals surface area contributed by atoms with Crippen LogP contribution in [0.4, 0.5) is 0 Å². The number of nitrogens with two attached hydrogens (primary N) is 1. The van der Waals surface area contributed by atoms with Gasteiger partial charge >= 0.3 is 0 Å². The first-order valence-corrected chi connectivity index (χ1v) is 7.61. The summed E-state index contributed by atoms with van der Waals surface area (Å²) in [6, 6.07) is 8.29. The van der Waals surface area contributed by atoms with Crippen molar-refractivity contribution in [3.8, 4) is 5.75 Å². The topological polar surface area (TPSA) is 38.5 Å². The van der Waals surface area contributed by atoms with E-state index in [9.17, 15) is 0 Å². The van der Waals surface area contributed by atoms with E-state index in [1.807, 2.05) is 12.1 Å². The zero-order chi connectivity index (χ0) is 14.6. The molecule has 1 aliphatic rings. The Morgan fingerprint density at radius 1 is 1.35 bits per heavy atom. The van der Waals surface area contributed by atoms with Crippen molar-refractivity contribution in [2.24, 2.45) is 11.7 Å². The fraction of sp³-hybridized carbons (Fsp3) is 0.647. The number of likely N-dealkylation sites (N-methyl/N-ethyl adjacent to an activating group) is 1. The van der Waals surface area contributed by atoms with Crippen molar-refractivity contribution in [3.63, 3.8) is 0 Å². The number of ether oxygens (including phenoxy) is 1. The highest BCUT2D eigenvalue weighted by molar-refractivity contribution is 5.27. The van der Waals surface area contributed by atoms with Crippen LogP contribution in [0.2, 0.25) is 0 Å². The van der Waals surface area contributed by atoms with Crippen molar-refractivity contribution in [1.82, 2.24) is 4.90 Å². The minimum Gasteiger partial charge on any atom is -0.497 e. The van der Waals surface area contributed by atoms with Crippen LogP contribution in [0.25, 0.3) is 0 Å². The third-order valence-corrected chi connectivity index (χ3v) is 4.32. The smallest absolute Gasteiger partial charge is 0.118 e. The molecule has 2 atom stereocenters. The monoisotopic (exact) mass is 276 g/mol. The first-order valence-electron chi connectivity index (χ1n) is 7.61. The van der Waals surface area contributed by atoms with E-state index in [0.717, 1.165) is 37.6 Å². The maximum absolute atomic E-state index is 6.59. The van der Waals surface area contributed by atoms with Gasteiger partial charge in [-0.25, -0.2) is 0 Å². The molecule has 1 saturated carbocycles. The fourth-order valence-electron chi connectivity index (χ4n) is 3.48. The summed E-state index contributed by atoms with van der Waals surface area (Å²) in [5, 5.41) is 0. The van der Waals surface area contributed by atoms with Gasteiger partial charge in [0.05, 0.1) is 7.11 Å². The summed E-state index contributed by atoms with van der Waals surface area (Å²) in [7, 11) is 3.86. The Hall–Kier alpha value is -1.06. The predicted octanol–water partition coefficient (Wildman–Crippen LogP) is 3.03. The van der Waals surface area contributed by atoms with E-state index in [4.69, 9.17) is 10.5 Å². The maximum Gasteiger partial charge on any atom is 0.118 e. The molecule has 0 heterocycles. The van der Waals surface area contributed by atoms with E-state index in [2.05, 4.69) is 31.0 Å². The minimum absolute atomic E-state index is 0.00110. The molecule has 2 rings (SSSR count). The third kappa shape index (κ3) is 4.22. The van der Waals surface area contributed by atoms with E-state index in [0.29, 0.717) is 0 Å². The second-order valence-corrected chi connectivity index (χ2v) is 6.58. The normalized spacial score (nSPS) is 26.8. The summed E-state index contributed by atoms with van der Waals surface area (Å²) < 4.78 is 5.19. The van der Waals surface area contributed by atoms with Gasteiger partial charge in [-0.15, -0.1) is 0 Å². The molecular formula is C17H28N2O. The van der Waals surface area contributed by atoms with Gasteiger partial charge in [0, 0.05) is 18.6 Å². The highest BCUT2D eigenvalue weighted by Gasteiger charge is 2.31. The minimum atomic E-state index is -0.00110. The lowest BCUT2D eigenvalue weighted by molar-refractivity contribution is 0.165. The van der Waals surface area contributed by atoms with Gasteiger partial charge in [-0.05, 0) is 43.5 Å². The summed E-state index contributed by atoms with van der Waals surface area (Å²) >= 11 is 0. The molecule has 0 saturated heterocycles. The number of hydrogen-bond donors (Lipinski definition) is 1. The number of methoxy groups -OCH3 is 1. The van der Waals surface area contributed by atoms with Gasteiger partial charge in [-0.1, -0.05) is 31.9 Å². The molecule has 20 heavy (non-hydrogen) atoms. The van der Waals surface area contributed by atoms with Crippen LogP contribution in [0.1, 0.15) is 38.2 Å². The maximum atomic E-state index is 6.59. The summed E-state index contributed by atoms with van der Waals surface area (Å²) in [4.78, 5) is 2.35. The molecule has 2 unspecified atom stereocenters. The number of benzene rings is 1. The van der Waals surface area contributed by atoms with Gasteiger partial charge in [0.2, 0.25) is 0 Å². The van der Waals surface area contributed by atoms with Gasteiger partial charge in [-0.2, -0.15) is 0 Å². The molecule has 3 nitrogen and oxygen atoms in total. The number of nitrogens with zero attached hydrogens (tertiary/aromatic N) is 1. The van der Waals surface area contributed by atoms with Crippen LogP contribution in [0.3, 0.4) is 0 Å². The first kappa shape index (κ1) is 15.3. The van der Waals surface area contributed by atoms with Crippen LogP contribution in [0.15, 0.2) is 24.3 Å². The largest absolute Gasteiger partial charge is 0.497 e. The summed E-state index contributed by atoms with van der Waals surface area (Å²) in [5.74, 6) is 1.68. The lowest BCUT2D eigenvalue weighted by atomic mass is 9.77. The van der Waals surface area contributed by atoms with Gasteiger partial charge in [-0.3, -0.25) is 0 Å². The molecule has 1 aromatic carbocycles. The van der Waals surface area contributed by atoms with Crippen LogP contribution in [0, 0.1) is 5.92 Å². The van der Waals surface area contributed by atoms with Crippen LogP contribution in [0.5, 0.6) is 5.75 Å². The van der Waals surface area contributed by atoms with Crippen LogP contribution >= 0.6 is 0 Å². The lowest BCUT2D eigenvalue weighted by Gasteiger charge is -2.39. The average Bonchev–Trinajstić information content (AvgIpc) is 2.38. The Balaban J connectivity index is 1.89. The molecule has 0 aromatic heterocycles. The number of rotatable bonds is 5. The Bertz CT molecular complexity index is 418. The third-order valence-electron chi connectivity index (χ3n) is 4.32. The molecule has 0 spiro atoms. The lowest BCUT2D eigenvalue weighted by Crippen LogP contribution is -2.51. The first-order chi connectivity index (χ1) is 9.50. The second-order valence-electron chi connectivity index (χ2n) is 6.58. The Labute approximate surface area is 123 Å². The van der Waals surface area contributed by atoms with Crippen molar-refractivity contribution >= 4 is 0 Å². The molecule has 1 aliphatic carbocycles. The van der Waals surface area contributed by atoms with Crippen LogP contribution in [-0.2, 0) is 6.54 Å². The van der Waals surface area contributed by atoms with E-state index in [1.54, 1.807) is 7.11 Å². The van der Waals surface area contributed by atoms with Gasteiger partial charge in [0.1, 0.15) is 5.75 Å². The van der Waals surface area contributed by atoms with Gasteiger partial charge < -0.3 is 15.4 Å². The van der Waals surface area contributed by atoms with Crippen LogP contribution in [-0.4, -0.2) is 31.1 Å². The summed E-state index contributed by atoms with van der Waals surface area (Å²) in [5.41, 5.74) is 7.89. The molecule has 0 bridgehead atoms. The van der Waals surface area contributed by atoms with Gasteiger partial charge in [0.25, 0.3) is 0 Å². The SMILES string of the molecule is COc1ccc(CN(C)CC2(N)CCCC(C)C2)cc1. The molecule has 2 N–H and O–H groups in total. The quantitative estimate of drug-likeness (QED) is 0.898. The van der Waals surface area contributed by atoms with E-state index in [1.165, 1.54) is 18.4 Å². The Morgan fingerprint density at radius 2 is 2.05 bits per heavy atom. The van der Waals surface area contributed by atoms with Crippen molar-refractivity contribution in [2.75, 3.05) is 20.7 Å². The zero-order valence-corrected chi connectivity index (χ0v) is 13.1. The molecule has 0 aliphatic heterocycles. The van der Waals surface area contributed by atoms with E-state index in [-0.39, 0.29) is 5.54 Å². The molecule has 1 aromatic rings. The fourth-order valence-corrected chi connectivity index (χ4v) is 3.48. The molecule has 0 amide bonds. The van der Waals surface area contributed by atoms with Gasteiger partial charge in [0.15, 0.2) is 0 Å². The zero-order valence-electron chi connectivity index (χ0n) is 13.1.